The molecule has 0 saturated heterocycles. The molecular weight excluding hydrogens is 256 g/mol. The predicted molar refractivity (Wildman–Crippen MR) is 71.3 cm³/mol. The molecule has 0 aliphatic heterocycles. The number of nitrogens with one attached hydrogen (secondary N) is 1. The van der Waals surface area contributed by atoms with E-state index in [9.17, 15) is 0 Å². The quantitative estimate of drug-likeness (QED) is 0.894. The fraction of sp³-hybridized carbons (Fsp3) is 0.273. The Labute approximate surface area is 109 Å². The van der Waals surface area contributed by atoms with E-state index in [1.54, 1.807) is 23.0 Å². The Kier molecular flexibility index (Phi) is 3.93. The molecule has 0 spiro atoms. The lowest BCUT2D eigenvalue weighted by atomic mass is 10.1. The summed E-state index contributed by atoms with van der Waals surface area (Å²) in [4.78, 5) is 9.27. The largest absolute Gasteiger partial charge is 0.383 e. The number of hydrogen-bond acceptors (Lipinski definition) is 5. The summed E-state index contributed by atoms with van der Waals surface area (Å²) in [7, 11) is 0. The minimum atomic E-state index is -0.00120. The molecular formula is C11H13ClN4S. The highest BCUT2D eigenvalue weighted by Crippen LogP contribution is 2.29. The monoisotopic (exact) mass is 268 g/mol. The van der Waals surface area contributed by atoms with Crippen molar-refractivity contribution < 1.29 is 0 Å². The van der Waals surface area contributed by atoms with E-state index in [0.29, 0.717) is 10.8 Å². The van der Waals surface area contributed by atoms with E-state index < -0.39 is 0 Å². The Hall–Kier alpha value is -1.17. The molecule has 2 aromatic heterocycles. The van der Waals surface area contributed by atoms with Gasteiger partial charge in [0.05, 0.1) is 16.6 Å². The second-order valence-electron chi connectivity index (χ2n) is 3.52. The predicted octanol–water partition coefficient (Wildman–Crippen LogP) is 2.47. The van der Waals surface area contributed by atoms with Crippen molar-refractivity contribution in [3.05, 3.63) is 39.4 Å². The molecule has 1 unspecified atom stereocenters. The third-order valence-corrected chi connectivity index (χ3v) is 3.42. The molecule has 0 amide bonds. The maximum absolute atomic E-state index is 5.96. The fourth-order valence-electron chi connectivity index (χ4n) is 1.63. The van der Waals surface area contributed by atoms with E-state index in [2.05, 4.69) is 15.3 Å². The lowest BCUT2D eigenvalue weighted by Gasteiger charge is -2.17. The molecule has 17 heavy (non-hydrogen) atoms. The minimum absolute atomic E-state index is 0.00120. The first kappa shape index (κ1) is 12.3. The summed E-state index contributed by atoms with van der Waals surface area (Å²) in [6, 6.07) is 1.84. The van der Waals surface area contributed by atoms with Gasteiger partial charge in [-0.15, -0.1) is 11.3 Å². The van der Waals surface area contributed by atoms with Crippen molar-refractivity contribution in [2.45, 2.75) is 13.0 Å². The van der Waals surface area contributed by atoms with Gasteiger partial charge in [0, 0.05) is 22.8 Å². The van der Waals surface area contributed by atoms with Gasteiger partial charge in [0.1, 0.15) is 5.82 Å². The molecule has 0 saturated carbocycles. The standard InChI is InChI=1S/C11H13ClN4S/c1-2-15-10(9-5-14-6-17-9)8-3-7(12)4-16-11(8)13/h3-6,10,15H,2H2,1H3,(H2,13,16). The van der Waals surface area contributed by atoms with Crippen LogP contribution in [0.3, 0.4) is 0 Å². The molecule has 0 aromatic carbocycles. The molecule has 3 N–H and O–H groups in total. The maximum atomic E-state index is 5.96. The highest BCUT2D eigenvalue weighted by atomic mass is 35.5. The molecule has 4 nitrogen and oxygen atoms in total. The third-order valence-electron chi connectivity index (χ3n) is 2.37. The molecule has 90 valence electrons. The molecule has 0 aliphatic rings. The Morgan fingerprint density at radius 1 is 1.53 bits per heavy atom. The lowest BCUT2D eigenvalue weighted by molar-refractivity contribution is 0.638. The molecule has 0 radical (unpaired) electrons. The van der Waals surface area contributed by atoms with Gasteiger partial charge in [-0.25, -0.2) is 4.98 Å². The highest BCUT2D eigenvalue weighted by molar-refractivity contribution is 7.09. The number of halogens is 1. The van der Waals surface area contributed by atoms with Crippen LogP contribution in [0.1, 0.15) is 23.4 Å². The Morgan fingerprint density at radius 2 is 2.35 bits per heavy atom. The summed E-state index contributed by atoms with van der Waals surface area (Å²) in [5.41, 5.74) is 8.59. The van der Waals surface area contributed by atoms with Crippen LogP contribution in [-0.4, -0.2) is 16.5 Å². The third kappa shape index (κ3) is 2.74. The molecule has 0 fully saturated rings. The van der Waals surface area contributed by atoms with Crippen molar-refractivity contribution >= 4 is 28.8 Å². The van der Waals surface area contributed by atoms with E-state index in [4.69, 9.17) is 17.3 Å². The molecule has 0 aliphatic carbocycles. The van der Waals surface area contributed by atoms with Crippen molar-refractivity contribution in [2.24, 2.45) is 0 Å². The van der Waals surface area contributed by atoms with E-state index in [1.807, 2.05) is 19.2 Å². The summed E-state index contributed by atoms with van der Waals surface area (Å²) < 4.78 is 0. The number of anilines is 1. The van der Waals surface area contributed by atoms with E-state index in [0.717, 1.165) is 17.0 Å². The molecule has 0 bridgehead atoms. The summed E-state index contributed by atoms with van der Waals surface area (Å²) in [6.07, 6.45) is 3.38. The van der Waals surface area contributed by atoms with E-state index >= 15 is 0 Å². The number of aromatic nitrogens is 2. The number of nitrogens with two attached hydrogens (primary N) is 1. The van der Waals surface area contributed by atoms with Gasteiger partial charge in [-0.05, 0) is 12.6 Å². The summed E-state index contributed by atoms with van der Waals surface area (Å²) in [6.45, 7) is 2.87. The van der Waals surface area contributed by atoms with Crippen molar-refractivity contribution in [2.75, 3.05) is 12.3 Å². The van der Waals surface area contributed by atoms with Gasteiger partial charge in [-0.3, -0.25) is 4.98 Å². The van der Waals surface area contributed by atoms with Crippen LogP contribution < -0.4 is 11.1 Å². The van der Waals surface area contributed by atoms with Gasteiger partial charge in [0.25, 0.3) is 0 Å². The van der Waals surface area contributed by atoms with Crippen LogP contribution in [0.15, 0.2) is 24.0 Å². The number of thiazole rings is 1. The first-order valence-electron chi connectivity index (χ1n) is 5.25. The van der Waals surface area contributed by atoms with Gasteiger partial charge in [-0.2, -0.15) is 0 Å². The average Bonchev–Trinajstić information content (AvgIpc) is 2.83. The van der Waals surface area contributed by atoms with Crippen molar-refractivity contribution in [1.29, 1.82) is 0 Å². The smallest absolute Gasteiger partial charge is 0.128 e. The van der Waals surface area contributed by atoms with Gasteiger partial charge < -0.3 is 11.1 Å². The number of nitrogen functional groups attached to an aromatic ring is 1. The zero-order valence-corrected chi connectivity index (χ0v) is 10.9. The van der Waals surface area contributed by atoms with Crippen LogP contribution in [0, 0.1) is 0 Å². The van der Waals surface area contributed by atoms with Crippen LogP contribution in [0.25, 0.3) is 0 Å². The van der Waals surface area contributed by atoms with Gasteiger partial charge in [-0.1, -0.05) is 18.5 Å². The normalized spacial score (nSPS) is 12.6. The summed E-state index contributed by atoms with van der Waals surface area (Å²) in [5.74, 6) is 0.494. The van der Waals surface area contributed by atoms with Crippen LogP contribution in [0.4, 0.5) is 5.82 Å². The minimum Gasteiger partial charge on any atom is -0.383 e. The summed E-state index contributed by atoms with van der Waals surface area (Å²) >= 11 is 7.54. The average molecular weight is 269 g/mol. The first-order chi connectivity index (χ1) is 8.22. The van der Waals surface area contributed by atoms with Crippen LogP contribution in [0.2, 0.25) is 5.02 Å². The van der Waals surface area contributed by atoms with Crippen LogP contribution in [0.5, 0.6) is 0 Å². The zero-order chi connectivity index (χ0) is 12.3. The number of hydrogen-bond donors (Lipinski definition) is 2. The van der Waals surface area contributed by atoms with E-state index in [-0.39, 0.29) is 6.04 Å². The molecule has 2 rings (SSSR count). The van der Waals surface area contributed by atoms with Gasteiger partial charge in [0.15, 0.2) is 0 Å². The van der Waals surface area contributed by atoms with Crippen LogP contribution in [-0.2, 0) is 0 Å². The molecule has 1 atom stereocenters. The SMILES string of the molecule is CCNC(c1cncs1)c1cc(Cl)cnc1N. The second kappa shape index (κ2) is 5.44. The number of nitrogens with zero attached hydrogens (tertiary/aromatic N) is 2. The lowest BCUT2D eigenvalue weighted by Crippen LogP contribution is -2.22. The summed E-state index contributed by atoms with van der Waals surface area (Å²) in [5, 5.41) is 3.95. The maximum Gasteiger partial charge on any atom is 0.128 e. The number of rotatable bonds is 4. The van der Waals surface area contributed by atoms with Crippen molar-refractivity contribution in [1.82, 2.24) is 15.3 Å². The first-order valence-corrected chi connectivity index (χ1v) is 6.50. The van der Waals surface area contributed by atoms with Crippen LogP contribution >= 0.6 is 22.9 Å². The highest BCUT2D eigenvalue weighted by Gasteiger charge is 2.18. The van der Waals surface area contributed by atoms with E-state index in [1.165, 1.54) is 0 Å². The van der Waals surface area contributed by atoms with Gasteiger partial charge >= 0.3 is 0 Å². The topological polar surface area (TPSA) is 63.8 Å². The Morgan fingerprint density at radius 3 is 3.00 bits per heavy atom. The Bertz CT molecular complexity index is 486. The van der Waals surface area contributed by atoms with Crippen molar-refractivity contribution in [3.63, 3.8) is 0 Å². The Balaban J connectivity index is 2.42. The zero-order valence-electron chi connectivity index (χ0n) is 9.35. The molecule has 2 heterocycles. The number of pyridine rings is 1. The molecule has 6 heteroatoms. The van der Waals surface area contributed by atoms with Gasteiger partial charge in [0.2, 0.25) is 0 Å². The fourth-order valence-corrected chi connectivity index (χ4v) is 2.51. The molecule has 2 aromatic rings. The van der Waals surface area contributed by atoms with Crippen molar-refractivity contribution in [3.8, 4) is 0 Å². The second-order valence-corrected chi connectivity index (χ2v) is 4.88.